The van der Waals surface area contributed by atoms with Gasteiger partial charge in [0.25, 0.3) is 0 Å². The van der Waals surface area contributed by atoms with E-state index in [0.717, 1.165) is 27.8 Å². The lowest BCUT2D eigenvalue weighted by Gasteiger charge is -2.18. The molecular weight excluding hydrogens is 388 g/mol. The number of aryl methyl sites for hydroxylation is 1. The third-order valence-corrected chi connectivity index (χ3v) is 4.93. The molecule has 3 aromatic carbocycles. The first-order valence-corrected chi connectivity index (χ1v) is 10.0. The molecule has 154 valence electrons. The Morgan fingerprint density at radius 1 is 1.06 bits per heavy atom. The highest BCUT2D eigenvalue weighted by Crippen LogP contribution is 2.41. The fourth-order valence-electron chi connectivity index (χ4n) is 3.48. The molecule has 0 saturated carbocycles. The van der Waals surface area contributed by atoms with E-state index in [9.17, 15) is 9.90 Å². The summed E-state index contributed by atoms with van der Waals surface area (Å²) in [7, 11) is 0. The maximum atomic E-state index is 10.9. The van der Waals surface area contributed by atoms with Gasteiger partial charge in [-0.3, -0.25) is 9.78 Å². The Morgan fingerprint density at radius 3 is 2.48 bits per heavy atom. The van der Waals surface area contributed by atoms with Gasteiger partial charge in [0, 0.05) is 23.1 Å². The van der Waals surface area contributed by atoms with Crippen molar-refractivity contribution in [2.45, 2.75) is 13.3 Å². The lowest BCUT2D eigenvalue weighted by molar-refractivity contribution is -0.113. The van der Waals surface area contributed by atoms with Gasteiger partial charge in [-0.1, -0.05) is 49.4 Å². The maximum absolute atomic E-state index is 10.9. The van der Waals surface area contributed by atoms with Gasteiger partial charge in [-0.2, -0.15) is 0 Å². The average molecular weight is 410 g/mol. The number of aromatic hydroxyl groups is 1. The molecule has 0 aliphatic heterocycles. The fraction of sp³-hybridized carbons (Fsp3) is 0.0769. The maximum Gasteiger partial charge on any atom is 0.241 e. The number of carbonyl (C=O) groups excluding carboxylic acids is 1. The molecule has 0 atom stereocenters. The molecule has 0 saturated heterocycles. The zero-order chi connectivity index (χ0) is 21.8. The van der Waals surface area contributed by atoms with Crippen molar-refractivity contribution in [2.24, 2.45) is 5.73 Å². The molecule has 1 aromatic heterocycles. The lowest BCUT2D eigenvalue weighted by atomic mass is 9.98. The van der Waals surface area contributed by atoms with Gasteiger partial charge in [-0.05, 0) is 47.9 Å². The van der Waals surface area contributed by atoms with E-state index in [2.05, 4.69) is 0 Å². The summed E-state index contributed by atoms with van der Waals surface area (Å²) < 4.78 is 6.40. The second kappa shape index (κ2) is 8.71. The summed E-state index contributed by atoms with van der Waals surface area (Å²) in [6.07, 6.45) is 3.68. The van der Waals surface area contributed by atoms with E-state index in [4.69, 9.17) is 15.5 Å². The second-order valence-electron chi connectivity index (χ2n) is 7.09. The number of rotatable bonds is 6. The number of aromatic nitrogens is 1. The van der Waals surface area contributed by atoms with Crippen molar-refractivity contribution in [2.75, 3.05) is 0 Å². The van der Waals surface area contributed by atoms with Gasteiger partial charge in [0.05, 0.1) is 11.2 Å². The highest BCUT2D eigenvalue weighted by molar-refractivity contribution is 5.94. The third kappa shape index (κ3) is 4.41. The summed E-state index contributed by atoms with van der Waals surface area (Å²) in [6, 6.07) is 22.5. The zero-order valence-electron chi connectivity index (χ0n) is 17.1. The zero-order valence-corrected chi connectivity index (χ0v) is 17.1. The van der Waals surface area contributed by atoms with E-state index < -0.39 is 5.91 Å². The Bertz CT molecular complexity index is 1260. The highest BCUT2D eigenvalue weighted by atomic mass is 16.5. The number of fused-ring (bicyclic) bond motifs is 1. The van der Waals surface area contributed by atoms with Gasteiger partial charge in [0.2, 0.25) is 5.91 Å². The molecule has 4 rings (SSSR count). The van der Waals surface area contributed by atoms with Crippen molar-refractivity contribution in [1.29, 1.82) is 0 Å². The number of pyridine rings is 1. The molecule has 1 amide bonds. The molecule has 31 heavy (non-hydrogen) atoms. The van der Waals surface area contributed by atoms with Crippen LogP contribution in [-0.2, 0) is 11.2 Å². The van der Waals surface area contributed by atoms with Crippen LogP contribution in [0.5, 0.6) is 17.2 Å². The van der Waals surface area contributed by atoms with Crippen molar-refractivity contribution >= 4 is 22.9 Å². The first kappa shape index (κ1) is 20.2. The number of hydrogen-bond donors (Lipinski definition) is 2. The molecule has 0 spiro atoms. The van der Waals surface area contributed by atoms with Crippen LogP contribution >= 0.6 is 0 Å². The van der Waals surface area contributed by atoms with Crippen LogP contribution in [0.2, 0.25) is 0 Å². The van der Waals surface area contributed by atoms with Gasteiger partial charge in [-0.15, -0.1) is 0 Å². The number of phenolic OH excluding ortho intramolecular Hbond substituents is 1. The minimum absolute atomic E-state index is 0.158. The van der Waals surface area contributed by atoms with E-state index in [1.807, 2.05) is 67.6 Å². The first-order valence-electron chi connectivity index (χ1n) is 10.0. The van der Waals surface area contributed by atoms with E-state index in [1.54, 1.807) is 18.2 Å². The fourth-order valence-corrected chi connectivity index (χ4v) is 3.48. The second-order valence-corrected chi connectivity index (χ2v) is 7.09. The molecule has 1 heterocycles. The number of hydrogen-bond acceptors (Lipinski definition) is 4. The van der Waals surface area contributed by atoms with Gasteiger partial charge in [-0.25, -0.2) is 0 Å². The third-order valence-electron chi connectivity index (χ3n) is 4.93. The van der Waals surface area contributed by atoms with Crippen LogP contribution in [0.4, 0.5) is 0 Å². The van der Waals surface area contributed by atoms with Gasteiger partial charge in [0.1, 0.15) is 17.2 Å². The molecular formula is C26H22N2O3. The molecule has 0 bridgehead atoms. The predicted molar refractivity (Wildman–Crippen MR) is 123 cm³/mol. The van der Waals surface area contributed by atoms with E-state index >= 15 is 0 Å². The SMILES string of the molecule is CCc1nc2cc(O)ccc2c(Oc2ccc(/C=C/C(N)=O)cc2)c1-c1ccccc1. The Hall–Kier alpha value is -4.12. The van der Waals surface area contributed by atoms with E-state index in [1.165, 1.54) is 6.08 Å². The summed E-state index contributed by atoms with van der Waals surface area (Å²) in [4.78, 5) is 15.7. The largest absolute Gasteiger partial charge is 0.508 e. The van der Waals surface area contributed by atoms with Gasteiger partial charge < -0.3 is 15.6 Å². The Kier molecular flexibility index (Phi) is 5.67. The topological polar surface area (TPSA) is 85.4 Å². The Labute approximate surface area is 180 Å². The molecule has 3 N–H and O–H groups in total. The van der Waals surface area contributed by atoms with Crippen molar-refractivity contribution in [3.05, 3.63) is 90.1 Å². The highest BCUT2D eigenvalue weighted by Gasteiger charge is 2.18. The Morgan fingerprint density at radius 2 is 1.81 bits per heavy atom. The standard InChI is InChI=1S/C26H22N2O3/c1-2-22-25(18-6-4-3-5-7-18)26(21-14-11-19(29)16-23(21)28-22)31-20-12-8-17(9-13-20)10-15-24(27)30/h3-16,29H,2H2,1H3,(H2,27,30)/b15-10+. The van der Waals surface area contributed by atoms with Crippen molar-refractivity contribution in [3.63, 3.8) is 0 Å². The lowest BCUT2D eigenvalue weighted by Crippen LogP contribution is -2.05. The molecule has 5 heteroatoms. The molecule has 0 unspecified atom stereocenters. The Balaban J connectivity index is 1.86. The van der Waals surface area contributed by atoms with Crippen LogP contribution in [0.3, 0.4) is 0 Å². The van der Waals surface area contributed by atoms with Crippen LogP contribution in [0, 0.1) is 0 Å². The number of ether oxygens (including phenoxy) is 1. The molecule has 0 fully saturated rings. The van der Waals surface area contributed by atoms with Crippen LogP contribution in [-0.4, -0.2) is 16.0 Å². The summed E-state index contributed by atoms with van der Waals surface area (Å²) >= 11 is 0. The summed E-state index contributed by atoms with van der Waals surface area (Å²) in [5.41, 5.74) is 9.51. The molecule has 5 nitrogen and oxygen atoms in total. The number of benzene rings is 3. The molecule has 0 radical (unpaired) electrons. The quantitative estimate of drug-likeness (QED) is 0.413. The number of amides is 1. The number of nitrogens with zero attached hydrogens (tertiary/aromatic N) is 1. The summed E-state index contributed by atoms with van der Waals surface area (Å²) in [5.74, 6) is 1.00. The molecule has 0 aliphatic rings. The monoisotopic (exact) mass is 410 g/mol. The minimum atomic E-state index is -0.494. The van der Waals surface area contributed by atoms with Crippen LogP contribution in [0.25, 0.3) is 28.1 Å². The number of phenols is 1. The number of nitrogens with two attached hydrogens (primary N) is 1. The van der Waals surface area contributed by atoms with Crippen molar-refractivity contribution in [3.8, 4) is 28.4 Å². The van der Waals surface area contributed by atoms with Crippen molar-refractivity contribution in [1.82, 2.24) is 4.98 Å². The number of primary amides is 1. The predicted octanol–water partition coefficient (Wildman–Crippen LogP) is 5.46. The minimum Gasteiger partial charge on any atom is -0.508 e. The summed E-state index contributed by atoms with van der Waals surface area (Å²) in [6.45, 7) is 2.05. The number of carbonyl (C=O) groups is 1. The normalized spacial score (nSPS) is 11.1. The van der Waals surface area contributed by atoms with E-state index in [-0.39, 0.29) is 5.75 Å². The van der Waals surface area contributed by atoms with Gasteiger partial charge in [0.15, 0.2) is 0 Å². The molecule has 0 aliphatic carbocycles. The molecule has 4 aromatic rings. The smallest absolute Gasteiger partial charge is 0.241 e. The van der Waals surface area contributed by atoms with Gasteiger partial charge >= 0.3 is 0 Å². The average Bonchev–Trinajstić information content (AvgIpc) is 2.78. The van der Waals surface area contributed by atoms with Crippen LogP contribution in [0.1, 0.15) is 18.2 Å². The van der Waals surface area contributed by atoms with Crippen LogP contribution in [0.15, 0.2) is 78.9 Å². The first-order chi connectivity index (χ1) is 15.0. The summed E-state index contributed by atoms with van der Waals surface area (Å²) in [5, 5.41) is 10.8. The van der Waals surface area contributed by atoms with Crippen molar-refractivity contribution < 1.29 is 14.6 Å². The van der Waals surface area contributed by atoms with Crippen LogP contribution < -0.4 is 10.5 Å². The van der Waals surface area contributed by atoms with E-state index in [0.29, 0.717) is 23.4 Å².